The van der Waals surface area contributed by atoms with Crippen LogP contribution in [0, 0.1) is 26.6 Å². The van der Waals surface area contributed by atoms with Gasteiger partial charge in [-0.3, -0.25) is 0 Å². The Hall–Kier alpha value is -1.38. The van der Waals surface area contributed by atoms with Crippen molar-refractivity contribution in [3.8, 4) is 0 Å². The molecule has 0 aliphatic heterocycles. The second-order valence-corrected chi connectivity index (χ2v) is 5.34. The molecule has 1 nitrogen and oxygen atoms in total. The van der Waals surface area contributed by atoms with Gasteiger partial charge in [0.1, 0.15) is 5.82 Å². The minimum Gasteiger partial charge on any atom is -0.320 e. The molecule has 0 aromatic heterocycles. The Morgan fingerprint density at radius 2 is 1.68 bits per heavy atom. The summed E-state index contributed by atoms with van der Waals surface area (Å²) in [7, 11) is 0. The fourth-order valence-electron chi connectivity index (χ4n) is 2.60. The first kappa shape index (κ1) is 14.0. The molecule has 100 valence electrons. The Bertz CT molecular complexity index is 599. The number of hydrogen-bond acceptors (Lipinski definition) is 1. The Kier molecular flexibility index (Phi) is 3.93. The number of benzene rings is 2. The topological polar surface area (TPSA) is 26.0 Å². The fourth-order valence-corrected chi connectivity index (χ4v) is 2.78. The van der Waals surface area contributed by atoms with Crippen LogP contribution in [0.1, 0.15) is 33.9 Å². The molecule has 0 heterocycles. The minimum atomic E-state index is -0.501. The molecule has 3 heteroatoms. The zero-order chi connectivity index (χ0) is 14.2. The summed E-state index contributed by atoms with van der Waals surface area (Å²) < 4.78 is 14.1. The number of rotatable bonds is 2. The lowest BCUT2D eigenvalue weighted by molar-refractivity contribution is 0.599. The van der Waals surface area contributed by atoms with E-state index in [1.807, 2.05) is 20.8 Å². The standard InChI is InChI=1S/C16H17ClFN/c1-9-7-10(2)14(11(3)8-9)16(19)12-5-4-6-13(17)15(12)18/h4-8,16H,19H2,1-3H3. The Labute approximate surface area is 118 Å². The molecule has 0 saturated carbocycles. The van der Waals surface area contributed by atoms with E-state index in [1.54, 1.807) is 12.1 Å². The third-order valence-corrected chi connectivity index (χ3v) is 3.66. The molecule has 1 unspecified atom stereocenters. The van der Waals surface area contributed by atoms with Crippen LogP contribution in [0.5, 0.6) is 0 Å². The van der Waals surface area contributed by atoms with Crippen LogP contribution in [0.3, 0.4) is 0 Å². The Morgan fingerprint density at radius 3 is 2.26 bits per heavy atom. The molecule has 2 aromatic carbocycles. The van der Waals surface area contributed by atoms with Crippen LogP contribution in [0.15, 0.2) is 30.3 Å². The van der Waals surface area contributed by atoms with E-state index in [1.165, 1.54) is 11.6 Å². The first-order valence-electron chi connectivity index (χ1n) is 6.19. The van der Waals surface area contributed by atoms with Crippen molar-refractivity contribution in [2.45, 2.75) is 26.8 Å². The number of halogens is 2. The number of hydrogen-bond donors (Lipinski definition) is 1. The van der Waals surface area contributed by atoms with Crippen LogP contribution < -0.4 is 5.73 Å². The van der Waals surface area contributed by atoms with Crippen molar-refractivity contribution in [3.05, 3.63) is 69.0 Å². The second-order valence-electron chi connectivity index (χ2n) is 4.93. The smallest absolute Gasteiger partial charge is 0.146 e. The van der Waals surface area contributed by atoms with Crippen LogP contribution in [-0.4, -0.2) is 0 Å². The minimum absolute atomic E-state index is 0.107. The molecule has 0 bridgehead atoms. The summed E-state index contributed by atoms with van der Waals surface area (Å²) in [6.07, 6.45) is 0. The predicted molar refractivity (Wildman–Crippen MR) is 78.1 cm³/mol. The van der Waals surface area contributed by atoms with Gasteiger partial charge >= 0.3 is 0 Å². The highest BCUT2D eigenvalue weighted by Gasteiger charge is 2.19. The third-order valence-electron chi connectivity index (χ3n) is 3.37. The normalized spacial score (nSPS) is 12.5. The fraction of sp³-hybridized carbons (Fsp3) is 0.250. The van der Waals surface area contributed by atoms with Crippen molar-refractivity contribution in [1.82, 2.24) is 0 Å². The van der Waals surface area contributed by atoms with E-state index >= 15 is 0 Å². The van der Waals surface area contributed by atoms with E-state index < -0.39 is 11.9 Å². The monoisotopic (exact) mass is 277 g/mol. The van der Waals surface area contributed by atoms with Crippen molar-refractivity contribution in [3.63, 3.8) is 0 Å². The van der Waals surface area contributed by atoms with Gasteiger partial charge in [0.15, 0.2) is 0 Å². The largest absolute Gasteiger partial charge is 0.320 e. The van der Waals surface area contributed by atoms with E-state index in [9.17, 15) is 4.39 Å². The van der Waals surface area contributed by atoms with Crippen LogP contribution in [0.25, 0.3) is 0 Å². The van der Waals surface area contributed by atoms with Gasteiger partial charge in [-0.1, -0.05) is 41.4 Å². The van der Waals surface area contributed by atoms with Crippen LogP contribution in [-0.2, 0) is 0 Å². The highest BCUT2D eigenvalue weighted by molar-refractivity contribution is 6.30. The quantitative estimate of drug-likeness (QED) is 0.862. The highest BCUT2D eigenvalue weighted by Crippen LogP contribution is 2.30. The SMILES string of the molecule is Cc1cc(C)c(C(N)c2cccc(Cl)c2F)c(C)c1. The van der Waals surface area contributed by atoms with Gasteiger partial charge in [-0.15, -0.1) is 0 Å². The van der Waals surface area contributed by atoms with Gasteiger partial charge in [-0.05, 0) is 43.5 Å². The van der Waals surface area contributed by atoms with Crippen LogP contribution in [0.4, 0.5) is 4.39 Å². The molecule has 0 saturated heterocycles. The van der Waals surface area contributed by atoms with E-state index in [4.69, 9.17) is 17.3 Å². The third kappa shape index (κ3) is 2.65. The van der Waals surface area contributed by atoms with Gasteiger partial charge in [0.2, 0.25) is 0 Å². The molecule has 0 spiro atoms. The summed E-state index contributed by atoms with van der Waals surface area (Å²) in [4.78, 5) is 0. The van der Waals surface area contributed by atoms with Crippen LogP contribution >= 0.6 is 11.6 Å². The molecule has 0 amide bonds. The Morgan fingerprint density at radius 1 is 1.11 bits per heavy atom. The van der Waals surface area contributed by atoms with Gasteiger partial charge in [0.05, 0.1) is 11.1 Å². The molecule has 2 N–H and O–H groups in total. The van der Waals surface area contributed by atoms with Crippen LogP contribution in [0.2, 0.25) is 5.02 Å². The van der Waals surface area contributed by atoms with Gasteiger partial charge in [-0.25, -0.2) is 4.39 Å². The van der Waals surface area contributed by atoms with Crippen molar-refractivity contribution >= 4 is 11.6 Å². The zero-order valence-electron chi connectivity index (χ0n) is 11.3. The average Bonchev–Trinajstić information content (AvgIpc) is 2.31. The first-order chi connectivity index (χ1) is 8.91. The molecule has 0 aliphatic rings. The number of nitrogens with two attached hydrogens (primary N) is 1. The molecule has 2 rings (SSSR count). The van der Waals surface area contributed by atoms with Gasteiger partial charge in [-0.2, -0.15) is 0 Å². The lowest BCUT2D eigenvalue weighted by Crippen LogP contribution is -2.16. The van der Waals surface area contributed by atoms with E-state index in [2.05, 4.69) is 12.1 Å². The van der Waals surface area contributed by atoms with Gasteiger partial charge in [0.25, 0.3) is 0 Å². The summed E-state index contributed by atoms with van der Waals surface area (Å²) in [6, 6.07) is 8.56. The molecular weight excluding hydrogens is 261 g/mol. The van der Waals surface area contributed by atoms with Gasteiger partial charge < -0.3 is 5.73 Å². The molecule has 0 fully saturated rings. The summed E-state index contributed by atoms with van der Waals surface area (Å²) in [6.45, 7) is 6.03. The van der Waals surface area contributed by atoms with Gasteiger partial charge in [0, 0.05) is 5.56 Å². The maximum absolute atomic E-state index is 14.1. The van der Waals surface area contributed by atoms with Crippen molar-refractivity contribution in [1.29, 1.82) is 0 Å². The molecule has 1 atom stereocenters. The number of aryl methyl sites for hydroxylation is 3. The molecule has 2 aromatic rings. The summed E-state index contributed by atoms with van der Waals surface area (Å²) in [5, 5.41) is 0.107. The highest BCUT2D eigenvalue weighted by atomic mass is 35.5. The molecule has 0 radical (unpaired) electrons. The average molecular weight is 278 g/mol. The van der Waals surface area contributed by atoms with Crippen molar-refractivity contribution < 1.29 is 4.39 Å². The molecular formula is C16H17ClFN. The lowest BCUT2D eigenvalue weighted by atomic mass is 9.90. The zero-order valence-corrected chi connectivity index (χ0v) is 12.1. The lowest BCUT2D eigenvalue weighted by Gasteiger charge is -2.19. The van der Waals surface area contributed by atoms with Crippen molar-refractivity contribution in [2.24, 2.45) is 5.73 Å². The summed E-state index contributed by atoms with van der Waals surface area (Å²) >= 11 is 5.82. The summed E-state index contributed by atoms with van der Waals surface area (Å²) in [5.74, 6) is -0.434. The van der Waals surface area contributed by atoms with E-state index in [0.717, 1.165) is 16.7 Å². The van der Waals surface area contributed by atoms with Crippen molar-refractivity contribution in [2.75, 3.05) is 0 Å². The first-order valence-corrected chi connectivity index (χ1v) is 6.57. The maximum Gasteiger partial charge on any atom is 0.146 e. The molecule has 0 aliphatic carbocycles. The van der Waals surface area contributed by atoms with E-state index in [0.29, 0.717) is 5.56 Å². The Balaban J connectivity index is 2.56. The predicted octanol–water partition coefficient (Wildman–Crippen LogP) is 4.45. The second kappa shape index (κ2) is 5.32. The maximum atomic E-state index is 14.1. The molecule has 19 heavy (non-hydrogen) atoms. The summed E-state index contributed by atoms with van der Waals surface area (Å²) in [5.41, 5.74) is 11.0. The van der Waals surface area contributed by atoms with E-state index in [-0.39, 0.29) is 5.02 Å².